The predicted octanol–water partition coefficient (Wildman–Crippen LogP) is 2.38. The lowest BCUT2D eigenvalue weighted by molar-refractivity contribution is -0.0428. The summed E-state index contributed by atoms with van der Waals surface area (Å²) < 4.78 is 49.7. The number of ether oxygens (including phenoxy) is 8. The van der Waals surface area contributed by atoms with Gasteiger partial charge in [-0.1, -0.05) is 0 Å². The fourth-order valence-corrected chi connectivity index (χ4v) is 5.53. The average molecular weight is 485 g/mol. The van der Waals surface area contributed by atoms with Crippen LogP contribution >= 0.6 is 0 Å². The summed E-state index contributed by atoms with van der Waals surface area (Å²) in [5.41, 5.74) is 0. The van der Waals surface area contributed by atoms with Crippen molar-refractivity contribution in [2.24, 2.45) is 0 Å². The number of hydrogen-bond acceptors (Lipinski definition) is 9. The Morgan fingerprint density at radius 2 is 0.906 bits per heavy atom. The minimum Gasteiger partial charge on any atom is -0.420 e. The second kappa shape index (κ2) is 22.6. The van der Waals surface area contributed by atoms with Crippen molar-refractivity contribution in [3.05, 3.63) is 0 Å². The van der Waals surface area contributed by atoms with Gasteiger partial charge in [-0.05, 0) is 31.5 Å². The first-order valence-electron chi connectivity index (χ1n) is 11.4. The van der Waals surface area contributed by atoms with E-state index in [0.29, 0.717) is 66.1 Å². The molecule has 0 aromatic heterocycles. The average Bonchev–Trinajstić information content (AvgIpc) is 2.80. The van der Waals surface area contributed by atoms with Crippen LogP contribution in [-0.2, 0) is 42.3 Å². The summed E-state index contributed by atoms with van der Waals surface area (Å²) in [6, 6.07) is 1.95. The van der Waals surface area contributed by atoms with Crippen LogP contribution in [0.5, 0.6) is 0 Å². The third-order valence-electron chi connectivity index (χ3n) is 5.24. The third-order valence-corrected chi connectivity index (χ3v) is 8.91. The van der Waals surface area contributed by atoms with Crippen LogP contribution in [0.1, 0.15) is 12.8 Å². The number of methoxy groups -OCH3 is 4. The molecule has 0 rings (SSSR count). The minimum absolute atomic E-state index is 0.00936. The first kappa shape index (κ1) is 31.9. The lowest BCUT2D eigenvalue weighted by Gasteiger charge is -2.29. The van der Waals surface area contributed by atoms with E-state index in [1.165, 1.54) is 0 Å². The highest BCUT2D eigenvalue weighted by atomic mass is 28.4. The molecule has 0 aromatic rings. The molecule has 0 amide bonds. The Kier molecular flexibility index (Phi) is 22.5. The van der Waals surface area contributed by atoms with Gasteiger partial charge >= 0.3 is 0 Å². The zero-order chi connectivity index (χ0) is 23.9. The van der Waals surface area contributed by atoms with E-state index >= 15 is 0 Å². The maximum absolute atomic E-state index is 6.03. The largest absolute Gasteiger partial charge is 0.420 e. The predicted molar refractivity (Wildman–Crippen MR) is 126 cm³/mol. The quantitative estimate of drug-likeness (QED) is 0.143. The molecule has 0 N–H and O–H groups in total. The van der Waals surface area contributed by atoms with E-state index in [9.17, 15) is 0 Å². The number of rotatable bonds is 25. The molecule has 0 aliphatic heterocycles. The highest BCUT2D eigenvalue weighted by molar-refractivity contribution is 6.72. The smallest absolute Gasteiger partial charge is 0.189 e. The molecule has 9 nitrogen and oxygen atoms in total. The Hall–Kier alpha value is -0.143. The first-order valence-corrected chi connectivity index (χ1v) is 14.3. The summed E-state index contributed by atoms with van der Waals surface area (Å²) in [7, 11) is 6.56. The maximum Gasteiger partial charge on any atom is 0.189 e. The van der Waals surface area contributed by atoms with Crippen molar-refractivity contribution in [3.8, 4) is 0 Å². The molecule has 0 bridgehead atoms. The van der Waals surface area contributed by atoms with Crippen LogP contribution in [0.25, 0.3) is 0 Å². The van der Waals surface area contributed by atoms with Crippen molar-refractivity contribution in [2.75, 3.05) is 102 Å². The van der Waals surface area contributed by atoms with Gasteiger partial charge in [0.25, 0.3) is 0 Å². The summed E-state index contributed by atoms with van der Waals surface area (Å²) in [6.45, 7) is 7.85. The summed E-state index contributed by atoms with van der Waals surface area (Å²) in [5, 5.41) is 0. The standard InChI is InChI=1S/C22H48O9Si/c1-23-9-13-28-19-21(30-15-11-25-3)7-17-32(6,27-5)18-8-22(31-16-12-26-4)20-29-14-10-24-2/h21-22H,7-20H2,1-6H3. The van der Waals surface area contributed by atoms with Crippen LogP contribution in [-0.4, -0.2) is 122 Å². The van der Waals surface area contributed by atoms with Crippen molar-refractivity contribution < 1.29 is 42.3 Å². The molecule has 0 aliphatic carbocycles. The van der Waals surface area contributed by atoms with Gasteiger partial charge in [0, 0.05) is 35.5 Å². The van der Waals surface area contributed by atoms with Gasteiger partial charge in [0.2, 0.25) is 0 Å². The van der Waals surface area contributed by atoms with Crippen LogP contribution in [0.2, 0.25) is 18.6 Å². The maximum atomic E-state index is 6.03. The fourth-order valence-electron chi connectivity index (χ4n) is 3.00. The summed E-state index contributed by atoms with van der Waals surface area (Å²) in [4.78, 5) is 0. The van der Waals surface area contributed by atoms with Crippen molar-refractivity contribution in [3.63, 3.8) is 0 Å². The molecule has 10 heteroatoms. The fraction of sp³-hybridized carbons (Fsp3) is 1.00. The molecule has 2 unspecified atom stereocenters. The Morgan fingerprint density at radius 3 is 1.25 bits per heavy atom. The van der Waals surface area contributed by atoms with Crippen LogP contribution in [0.15, 0.2) is 0 Å². The molecule has 32 heavy (non-hydrogen) atoms. The molecule has 0 radical (unpaired) electrons. The van der Waals surface area contributed by atoms with E-state index in [0.717, 1.165) is 24.9 Å². The summed E-state index contributed by atoms with van der Waals surface area (Å²) in [5.74, 6) is 0. The van der Waals surface area contributed by atoms with Gasteiger partial charge in [0.05, 0.1) is 78.3 Å². The highest BCUT2D eigenvalue weighted by Gasteiger charge is 2.30. The lowest BCUT2D eigenvalue weighted by atomic mass is 10.3. The molecule has 0 aliphatic rings. The Morgan fingerprint density at radius 1 is 0.531 bits per heavy atom. The SMILES string of the molecule is COCCOCC(CC[Si](C)(CCC(COCCOC)OCCOC)OC)OCCOC. The van der Waals surface area contributed by atoms with E-state index in [4.69, 9.17) is 42.3 Å². The van der Waals surface area contributed by atoms with Gasteiger partial charge in [0.1, 0.15) is 0 Å². The summed E-state index contributed by atoms with van der Waals surface area (Å²) in [6.07, 6.45) is 1.78. The van der Waals surface area contributed by atoms with E-state index in [1.807, 2.05) is 7.11 Å². The van der Waals surface area contributed by atoms with Crippen LogP contribution in [0.4, 0.5) is 0 Å². The monoisotopic (exact) mass is 484 g/mol. The molecule has 0 saturated heterocycles. The zero-order valence-electron chi connectivity index (χ0n) is 21.2. The topological polar surface area (TPSA) is 83.1 Å². The van der Waals surface area contributed by atoms with E-state index in [-0.39, 0.29) is 12.2 Å². The Balaban J connectivity index is 4.64. The number of hydrogen-bond donors (Lipinski definition) is 0. The molecular weight excluding hydrogens is 436 g/mol. The van der Waals surface area contributed by atoms with Crippen molar-refractivity contribution in [2.45, 2.75) is 43.7 Å². The van der Waals surface area contributed by atoms with Crippen molar-refractivity contribution in [1.29, 1.82) is 0 Å². The van der Waals surface area contributed by atoms with E-state index in [2.05, 4.69) is 6.55 Å². The van der Waals surface area contributed by atoms with Gasteiger partial charge in [0.15, 0.2) is 8.32 Å². The molecule has 0 spiro atoms. The summed E-state index contributed by atoms with van der Waals surface area (Å²) >= 11 is 0. The van der Waals surface area contributed by atoms with Gasteiger partial charge in [-0.25, -0.2) is 0 Å². The Labute approximate surface area is 196 Å². The van der Waals surface area contributed by atoms with Gasteiger partial charge < -0.3 is 42.3 Å². The normalized spacial score (nSPS) is 15.6. The molecule has 0 saturated carbocycles. The van der Waals surface area contributed by atoms with E-state index < -0.39 is 8.32 Å². The zero-order valence-corrected chi connectivity index (χ0v) is 22.2. The van der Waals surface area contributed by atoms with Gasteiger partial charge in [-0.2, -0.15) is 0 Å². The van der Waals surface area contributed by atoms with Crippen LogP contribution in [0.3, 0.4) is 0 Å². The van der Waals surface area contributed by atoms with Gasteiger partial charge in [-0.15, -0.1) is 0 Å². The first-order chi connectivity index (χ1) is 15.5. The molecule has 0 heterocycles. The Bertz CT molecular complexity index is 360. The molecule has 194 valence electrons. The second-order valence-electron chi connectivity index (χ2n) is 7.84. The van der Waals surface area contributed by atoms with Gasteiger partial charge in [-0.3, -0.25) is 0 Å². The lowest BCUT2D eigenvalue weighted by Crippen LogP contribution is -2.37. The molecule has 0 aromatic carbocycles. The third kappa shape index (κ3) is 18.3. The second-order valence-corrected chi connectivity index (χ2v) is 12.1. The van der Waals surface area contributed by atoms with Crippen LogP contribution < -0.4 is 0 Å². The molecule has 2 atom stereocenters. The van der Waals surface area contributed by atoms with Crippen molar-refractivity contribution in [1.82, 2.24) is 0 Å². The molecular formula is C22H48O9Si. The van der Waals surface area contributed by atoms with Crippen LogP contribution in [0, 0.1) is 0 Å². The molecule has 0 fully saturated rings. The highest BCUT2D eigenvalue weighted by Crippen LogP contribution is 2.24. The van der Waals surface area contributed by atoms with E-state index in [1.54, 1.807) is 28.4 Å². The minimum atomic E-state index is -1.94. The van der Waals surface area contributed by atoms with Crippen molar-refractivity contribution >= 4 is 8.32 Å².